The van der Waals surface area contributed by atoms with Crippen molar-refractivity contribution in [3.8, 4) is 10.6 Å². The van der Waals surface area contributed by atoms with Gasteiger partial charge in [0.15, 0.2) is 0 Å². The first kappa shape index (κ1) is 24.5. The van der Waals surface area contributed by atoms with Crippen LogP contribution in [0.4, 0.5) is 0 Å². The standard InChI is InChI=1S/C16H23N5O2S.2ClH/c1-8(7-17)20(5)16(23)13-11(4)18-14(24-13)12-9(2)10(3)19-21(6)15(12)22;;/h8H,7,17H2,1-6H3;2*1H. The van der Waals surface area contributed by atoms with Crippen molar-refractivity contribution in [2.45, 2.75) is 33.7 Å². The van der Waals surface area contributed by atoms with E-state index in [0.29, 0.717) is 27.7 Å². The van der Waals surface area contributed by atoms with Gasteiger partial charge in [-0.25, -0.2) is 9.67 Å². The number of halogens is 2. The van der Waals surface area contributed by atoms with Gasteiger partial charge in [0.05, 0.1) is 17.0 Å². The monoisotopic (exact) mass is 421 g/mol. The van der Waals surface area contributed by atoms with Crippen LogP contribution < -0.4 is 11.3 Å². The first-order valence-corrected chi connectivity index (χ1v) is 8.50. The van der Waals surface area contributed by atoms with E-state index in [1.54, 1.807) is 25.9 Å². The van der Waals surface area contributed by atoms with Crippen molar-refractivity contribution >= 4 is 42.1 Å². The highest BCUT2D eigenvalue weighted by Crippen LogP contribution is 2.29. The summed E-state index contributed by atoms with van der Waals surface area (Å²) in [5.41, 5.74) is 8.10. The second-order valence-electron chi connectivity index (χ2n) is 5.95. The van der Waals surface area contributed by atoms with E-state index >= 15 is 0 Å². The Morgan fingerprint density at radius 3 is 2.38 bits per heavy atom. The number of aryl methyl sites for hydroxylation is 3. The number of thiazole rings is 1. The molecule has 0 fully saturated rings. The first-order chi connectivity index (χ1) is 11.2. The van der Waals surface area contributed by atoms with Crippen LogP contribution in [0.1, 0.15) is 33.5 Å². The van der Waals surface area contributed by atoms with Crippen molar-refractivity contribution in [2.24, 2.45) is 12.8 Å². The van der Waals surface area contributed by atoms with Crippen molar-refractivity contribution < 1.29 is 4.79 Å². The van der Waals surface area contributed by atoms with Gasteiger partial charge in [0, 0.05) is 26.7 Å². The smallest absolute Gasteiger partial charge is 0.277 e. The van der Waals surface area contributed by atoms with Crippen LogP contribution in [0.15, 0.2) is 4.79 Å². The summed E-state index contributed by atoms with van der Waals surface area (Å²) in [7, 11) is 3.33. The molecular weight excluding hydrogens is 397 g/mol. The lowest BCUT2D eigenvalue weighted by molar-refractivity contribution is 0.0752. The van der Waals surface area contributed by atoms with Crippen molar-refractivity contribution in [1.29, 1.82) is 0 Å². The van der Waals surface area contributed by atoms with Gasteiger partial charge in [-0.2, -0.15) is 5.10 Å². The molecule has 2 rings (SSSR count). The third-order valence-corrected chi connectivity index (χ3v) is 5.42. The summed E-state index contributed by atoms with van der Waals surface area (Å²) in [6.07, 6.45) is 0. The van der Waals surface area contributed by atoms with E-state index in [1.165, 1.54) is 16.0 Å². The molecule has 0 saturated heterocycles. The Bertz CT molecular complexity index is 850. The number of amides is 1. The van der Waals surface area contributed by atoms with E-state index in [4.69, 9.17) is 5.73 Å². The third-order valence-electron chi connectivity index (χ3n) is 4.25. The van der Waals surface area contributed by atoms with E-state index in [1.807, 2.05) is 20.8 Å². The van der Waals surface area contributed by atoms with E-state index in [0.717, 1.165) is 11.3 Å². The molecule has 0 bridgehead atoms. The Labute approximate surface area is 169 Å². The summed E-state index contributed by atoms with van der Waals surface area (Å²) < 4.78 is 1.30. The molecule has 2 aromatic heterocycles. The summed E-state index contributed by atoms with van der Waals surface area (Å²) in [6, 6.07) is -0.0692. The van der Waals surface area contributed by atoms with Gasteiger partial charge < -0.3 is 10.6 Å². The molecule has 2 N–H and O–H groups in total. The zero-order chi connectivity index (χ0) is 18.2. The summed E-state index contributed by atoms with van der Waals surface area (Å²) in [5.74, 6) is -0.130. The molecule has 0 radical (unpaired) electrons. The average Bonchev–Trinajstić information content (AvgIpc) is 2.92. The summed E-state index contributed by atoms with van der Waals surface area (Å²) >= 11 is 1.24. The molecule has 0 aromatic carbocycles. The van der Waals surface area contributed by atoms with E-state index in [-0.39, 0.29) is 42.3 Å². The van der Waals surface area contributed by atoms with Gasteiger partial charge >= 0.3 is 0 Å². The number of likely N-dealkylation sites (N-methyl/N-ethyl adjacent to an activating group) is 1. The quantitative estimate of drug-likeness (QED) is 0.815. The van der Waals surface area contributed by atoms with Crippen LogP contribution in [0.2, 0.25) is 0 Å². The molecule has 1 unspecified atom stereocenters. The second kappa shape index (κ2) is 9.45. The Balaban J connectivity index is 0.00000312. The number of aromatic nitrogens is 3. The molecule has 1 amide bonds. The third kappa shape index (κ3) is 4.43. The number of rotatable bonds is 4. The number of nitrogens with two attached hydrogens (primary N) is 1. The minimum atomic E-state index is -0.213. The van der Waals surface area contributed by atoms with E-state index < -0.39 is 0 Å². The van der Waals surface area contributed by atoms with Crippen LogP contribution in [0, 0.1) is 20.8 Å². The molecule has 0 aliphatic heterocycles. The minimum absolute atomic E-state index is 0. The van der Waals surface area contributed by atoms with Crippen molar-refractivity contribution in [3.63, 3.8) is 0 Å². The highest BCUT2D eigenvalue weighted by molar-refractivity contribution is 7.17. The van der Waals surface area contributed by atoms with E-state index in [2.05, 4.69) is 10.1 Å². The Kier molecular flexibility index (Phi) is 8.92. The largest absolute Gasteiger partial charge is 0.337 e. The van der Waals surface area contributed by atoms with Crippen LogP contribution in [-0.4, -0.2) is 45.2 Å². The fourth-order valence-electron chi connectivity index (χ4n) is 2.32. The van der Waals surface area contributed by atoms with Crippen LogP contribution in [0.25, 0.3) is 10.6 Å². The van der Waals surface area contributed by atoms with E-state index in [9.17, 15) is 9.59 Å². The molecule has 0 saturated carbocycles. The molecule has 0 aliphatic carbocycles. The fourth-order valence-corrected chi connectivity index (χ4v) is 3.46. The van der Waals surface area contributed by atoms with Gasteiger partial charge in [0.2, 0.25) is 0 Å². The zero-order valence-corrected chi connectivity index (χ0v) is 18.1. The molecule has 0 spiro atoms. The van der Waals surface area contributed by atoms with Gasteiger partial charge in [-0.1, -0.05) is 0 Å². The minimum Gasteiger partial charge on any atom is -0.337 e. The van der Waals surface area contributed by atoms with Crippen LogP contribution >= 0.6 is 36.2 Å². The maximum Gasteiger partial charge on any atom is 0.277 e. The summed E-state index contributed by atoms with van der Waals surface area (Å²) in [4.78, 5) is 31.7. The molecule has 7 nitrogen and oxygen atoms in total. The fraction of sp³-hybridized carbons (Fsp3) is 0.500. The summed E-state index contributed by atoms with van der Waals surface area (Å²) in [5, 5.41) is 4.73. The van der Waals surface area contributed by atoms with Gasteiger partial charge in [-0.15, -0.1) is 36.2 Å². The first-order valence-electron chi connectivity index (χ1n) is 7.68. The van der Waals surface area contributed by atoms with Gasteiger partial charge in [0.1, 0.15) is 9.88 Å². The highest BCUT2D eigenvalue weighted by Gasteiger charge is 2.24. The maximum atomic E-state index is 12.7. The molecule has 2 heterocycles. The molecule has 2 aromatic rings. The van der Waals surface area contributed by atoms with Crippen LogP contribution in [0.5, 0.6) is 0 Å². The van der Waals surface area contributed by atoms with Gasteiger partial charge in [-0.05, 0) is 33.3 Å². The second-order valence-corrected chi connectivity index (χ2v) is 6.95. The number of hydrogen-bond donors (Lipinski definition) is 1. The summed E-state index contributed by atoms with van der Waals surface area (Å²) in [6.45, 7) is 7.75. The zero-order valence-electron chi connectivity index (χ0n) is 15.7. The molecule has 26 heavy (non-hydrogen) atoms. The predicted molar refractivity (Wildman–Crippen MR) is 110 cm³/mol. The Morgan fingerprint density at radius 2 is 1.85 bits per heavy atom. The maximum absolute atomic E-state index is 12.7. The topological polar surface area (TPSA) is 94.1 Å². The molecule has 10 heteroatoms. The normalized spacial score (nSPS) is 11.3. The molecule has 1 atom stereocenters. The number of hydrogen-bond acceptors (Lipinski definition) is 6. The predicted octanol–water partition coefficient (Wildman–Crippen LogP) is 2.09. The van der Waals surface area contributed by atoms with Crippen molar-refractivity contribution in [2.75, 3.05) is 13.6 Å². The number of carbonyl (C=O) groups is 1. The molecular formula is C16H25Cl2N5O2S. The van der Waals surface area contributed by atoms with Gasteiger partial charge in [-0.3, -0.25) is 9.59 Å². The van der Waals surface area contributed by atoms with Crippen molar-refractivity contribution in [1.82, 2.24) is 19.7 Å². The lowest BCUT2D eigenvalue weighted by Crippen LogP contribution is -2.39. The molecule has 146 valence electrons. The Morgan fingerprint density at radius 1 is 1.27 bits per heavy atom. The SMILES string of the molecule is Cc1nc(-c2c(C)c(C)nn(C)c2=O)sc1C(=O)N(C)C(C)CN.Cl.Cl. The van der Waals surface area contributed by atoms with Crippen molar-refractivity contribution in [3.05, 3.63) is 32.2 Å². The van der Waals surface area contributed by atoms with Crippen LogP contribution in [-0.2, 0) is 7.05 Å². The highest BCUT2D eigenvalue weighted by atomic mass is 35.5. The van der Waals surface area contributed by atoms with Gasteiger partial charge in [0.25, 0.3) is 11.5 Å². The average molecular weight is 422 g/mol. The number of nitrogens with zero attached hydrogens (tertiary/aromatic N) is 4. The Hall–Kier alpha value is -1.48. The lowest BCUT2D eigenvalue weighted by atomic mass is 10.1. The number of carbonyl (C=O) groups excluding carboxylic acids is 1. The molecule has 0 aliphatic rings. The lowest BCUT2D eigenvalue weighted by Gasteiger charge is -2.23. The van der Waals surface area contributed by atoms with Crippen LogP contribution in [0.3, 0.4) is 0 Å².